The van der Waals surface area contributed by atoms with E-state index in [0.717, 1.165) is 27.8 Å². The van der Waals surface area contributed by atoms with Crippen LogP contribution in [0.3, 0.4) is 0 Å². The summed E-state index contributed by atoms with van der Waals surface area (Å²) in [6.07, 6.45) is -4.56. The van der Waals surface area contributed by atoms with Crippen molar-refractivity contribution in [2.45, 2.75) is 56.6 Å². The lowest BCUT2D eigenvalue weighted by atomic mass is 9.96. The molecule has 0 aromatic heterocycles. The molecule has 0 saturated carbocycles. The van der Waals surface area contributed by atoms with Crippen molar-refractivity contribution in [1.29, 1.82) is 0 Å². The van der Waals surface area contributed by atoms with E-state index in [4.69, 9.17) is 23.7 Å². The van der Waals surface area contributed by atoms with Crippen LogP contribution in [0.2, 0.25) is 0 Å². The maximum absolute atomic E-state index is 11.6. The van der Waals surface area contributed by atoms with Crippen LogP contribution in [-0.2, 0) is 43.5 Å². The lowest BCUT2D eigenvalue weighted by Crippen LogP contribution is -2.61. The van der Waals surface area contributed by atoms with Crippen molar-refractivity contribution in [3.63, 3.8) is 0 Å². The van der Waals surface area contributed by atoms with Crippen LogP contribution in [0.5, 0.6) is 0 Å². The maximum atomic E-state index is 11.6. The highest BCUT2D eigenvalue weighted by Crippen LogP contribution is 2.35. The summed E-state index contributed by atoms with van der Waals surface area (Å²) in [5.41, 5.74) is 4.98. The number of aliphatic hydroxyl groups is 1. The summed E-state index contributed by atoms with van der Waals surface area (Å²) in [5.74, 6) is 0. The first-order valence-corrected chi connectivity index (χ1v) is 15.8. The summed E-state index contributed by atoms with van der Waals surface area (Å²) in [4.78, 5) is 0. The molecule has 0 spiro atoms. The van der Waals surface area contributed by atoms with Crippen LogP contribution in [-0.4, -0.2) is 42.4 Å². The Hall–Kier alpha value is -4.14. The summed E-state index contributed by atoms with van der Waals surface area (Å²) >= 11 is 0. The minimum Gasteiger partial charge on any atom is -0.374 e. The zero-order chi connectivity index (χ0) is 31.4. The number of aliphatic hydroxyl groups excluding tert-OH is 1. The molecule has 6 heteroatoms. The van der Waals surface area contributed by atoms with Gasteiger partial charge in [-0.05, 0) is 27.8 Å². The monoisotopic (exact) mass is 616 g/mol. The van der Waals surface area contributed by atoms with Gasteiger partial charge in [0, 0.05) is 0 Å². The SMILES string of the molecule is O[C@H]1O[C@H](COCc2ccccc2)[C@@H](OCc2ccccc2)[C@H](OCc2ccccc2)[C@@H]1OC(c1ccccc1)c1ccccc1. The quantitative estimate of drug-likeness (QED) is 0.142. The van der Waals surface area contributed by atoms with Crippen LogP contribution in [0.4, 0.5) is 0 Å². The van der Waals surface area contributed by atoms with Gasteiger partial charge in [-0.1, -0.05) is 152 Å². The van der Waals surface area contributed by atoms with Crippen LogP contribution in [0.25, 0.3) is 0 Å². The standard InChI is InChI=1S/C40H40O6/c41-40-39(46-36(33-22-12-4-13-23-33)34-24-14-5-15-25-34)38(44-28-32-20-10-3-11-21-32)37(43-27-31-18-8-2-9-19-31)35(45-40)29-42-26-30-16-6-1-7-17-30/h1-25,35-41H,26-29H2/t35-,37-,38+,39+,40+/m1/s1. The summed E-state index contributed by atoms with van der Waals surface area (Å²) < 4.78 is 32.6. The van der Waals surface area contributed by atoms with Crippen molar-refractivity contribution in [2.24, 2.45) is 0 Å². The lowest BCUT2D eigenvalue weighted by Gasteiger charge is -2.45. The summed E-state index contributed by atoms with van der Waals surface area (Å²) in [7, 11) is 0. The van der Waals surface area contributed by atoms with Crippen molar-refractivity contribution < 1.29 is 28.8 Å². The van der Waals surface area contributed by atoms with Gasteiger partial charge in [-0.15, -0.1) is 0 Å². The highest BCUT2D eigenvalue weighted by Gasteiger charge is 2.49. The Morgan fingerprint density at radius 1 is 0.500 bits per heavy atom. The van der Waals surface area contributed by atoms with Crippen molar-refractivity contribution in [2.75, 3.05) is 6.61 Å². The maximum Gasteiger partial charge on any atom is 0.184 e. The average Bonchev–Trinajstić information content (AvgIpc) is 3.12. The molecular formula is C40H40O6. The molecule has 0 radical (unpaired) electrons. The molecule has 1 N–H and O–H groups in total. The predicted octanol–water partition coefficient (Wildman–Crippen LogP) is 7.27. The van der Waals surface area contributed by atoms with E-state index in [1.165, 1.54) is 0 Å². The van der Waals surface area contributed by atoms with Crippen molar-refractivity contribution in [3.8, 4) is 0 Å². The van der Waals surface area contributed by atoms with E-state index in [9.17, 15) is 5.11 Å². The molecule has 5 aromatic carbocycles. The number of hydrogen-bond acceptors (Lipinski definition) is 6. The number of rotatable bonds is 14. The Labute approximate surface area is 271 Å². The molecule has 1 heterocycles. The van der Waals surface area contributed by atoms with Crippen molar-refractivity contribution >= 4 is 0 Å². The van der Waals surface area contributed by atoms with Gasteiger partial charge in [0.2, 0.25) is 0 Å². The van der Waals surface area contributed by atoms with Gasteiger partial charge in [-0.2, -0.15) is 0 Å². The fourth-order valence-corrected chi connectivity index (χ4v) is 5.73. The van der Waals surface area contributed by atoms with Crippen LogP contribution >= 0.6 is 0 Å². The molecule has 0 aliphatic carbocycles. The molecule has 5 aromatic rings. The molecular weight excluding hydrogens is 576 g/mol. The first-order chi connectivity index (χ1) is 22.7. The molecule has 0 unspecified atom stereocenters. The van der Waals surface area contributed by atoms with Gasteiger partial charge in [0.25, 0.3) is 0 Å². The zero-order valence-electron chi connectivity index (χ0n) is 25.7. The average molecular weight is 617 g/mol. The van der Waals surface area contributed by atoms with Gasteiger partial charge in [-0.3, -0.25) is 0 Å². The smallest absolute Gasteiger partial charge is 0.184 e. The van der Waals surface area contributed by atoms with Gasteiger partial charge in [-0.25, -0.2) is 0 Å². The van der Waals surface area contributed by atoms with E-state index in [2.05, 4.69) is 0 Å². The van der Waals surface area contributed by atoms with Crippen LogP contribution < -0.4 is 0 Å². The number of hydrogen-bond donors (Lipinski definition) is 1. The first kappa shape index (κ1) is 31.8. The largest absolute Gasteiger partial charge is 0.374 e. The molecule has 46 heavy (non-hydrogen) atoms. The molecule has 1 aliphatic rings. The van der Waals surface area contributed by atoms with E-state index in [0.29, 0.717) is 19.8 Å². The summed E-state index contributed by atoms with van der Waals surface area (Å²) in [5, 5.41) is 11.6. The molecule has 1 saturated heterocycles. The van der Waals surface area contributed by atoms with Crippen LogP contribution in [0.15, 0.2) is 152 Å². The van der Waals surface area contributed by atoms with E-state index >= 15 is 0 Å². The third kappa shape index (κ3) is 8.56. The van der Waals surface area contributed by atoms with Gasteiger partial charge >= 0.3 is 0 Å². The molecule has 5 atom stereocenters. The number of ether oxygens (including phenoxy) is 5. The number of benzene rings is 5. The topological polar surface area (TPSA) is 66.4 Å². The molecule has 6 rings (SSSR count). The first-order valence-electron chi connectivity index (χ1n) is 15.8. The fourth-order valence-electron chi connectivity index (χ4n) is 5.73. The Morgan fingerprint density at radius 3 is 1.39 bits per heavy atom. The van der Waals surface area contributed by atoms with Gasteiger partial charge in [0.05, 0.1) is 26.4 Å². The summed E-state index contributed by atoms with van der Waals surface area (Å²) in [6, 6.07) is 49.9. The van der Waals surface area contributed by atoms with E-state index in [-0.39, 0.29) is 6.61 Å². The van der Waals surface area contributed by atoms with Crippen molar-refractivity contribution in [1.82, 2.24) is 0 Å². The Kier molecular flexibility index (Phi) is 11.4. The molecule has 236 valence electrons. The third-order valence-electron chi connectivity index (χ3n) is 8.07. The van der Waals surface area contributed by atoms with E-state index in [1.54, 1.807) is 0 Å². The molecule has 6 nitrogen and oxygen atoms in total. The Balaban J connectivity index is 1.31. The molecule has 1 fully saturated rings. The second-order valence-electron chi connectivity index (χ2n) is 11.4. The molecule has 0 bridgehead atoms. The Bertz CT molecular complexity index is 1510. The molecule has 0 amide bonds. The normalized spacial score (nSPS) is 21.3. The van der Waals surface area contributed by atoms with Crippen LogP contribution in [0.1, 0.15) is 33.9 Å². The van der Waals surface area contributed by atoms with E-state index < -0.39 is 36.8 Å². The lowest BCUT2D eigenvalue weighted by molar-refractivity contribution is -0.320. The summed E-state index contributed by atoms with van der Waals surface area (Å²) in [6.45, 7) is 1.24. The third-order valence-corrected chi connectivity index (χ3v) is 8.07. The minimum absolute atomic E-state index is 0.199. The second-order valence-corrected chi connectivity index (χ2v) is 11.4. The van der Waals surface area contributed by atoms with Crippen molar-refractivity contribution in [3.05, 3.63) is 179 Å². The van der Waals surface area contributed by atoms with E-state index in [1.807, 2.05) is 152 Å². The van der Waals surface area contributed by atoms with Gasteiger partial charge < -0.3 is 28.8 Å². The zero-order valence-corrected chi connectivity index (χ0v) is 25.7. The fraction of sp³-hybridized carbons (Fsp3) is 0.250. The Morgan fingerprint density at radius 2 is 0.913 bits per heavy atom. The van der Waals surface area contributed by atoms with Gasteiger partial charge in [0.15, 0.2) is 6.29 Å². The van der Waals surface area contributed by atoms with Crippen LogP contribution in [0, 0.1) is 0 Å². The highest BCUT2D eigenvalue weighted by atomic mass is 16.7. The molecule has 1 aliphatic heterocycles. The minimum atomic E-state index is -1.29. The predicted molar refractivity (Wildman–Crippen MR) is 177 cm³/mol. The van der Waals surface area contributed by atoms with Gasteiger partial charge in [0.1, 0.15) is 30.5 Å². The second kappa shape index (κ2) is 16.4. The highest BCUT2D eigenvalue weighted by molar-refractivity contribution is 5.30.